The summed E-state index contributed by atoms with van der Waals surface area (Å²) in [6, 6.07) is 12.6. The second-order valence-electron chi connectivity index (χ2n) is 9.37. The van der Waals surface area contributed by atoms with Crippen LogP contribution < -0.4 is 10.1 Å². The van der Waals surface area contributed by atoms with E-state index < -0.39 is 23.9 Å². The van der Waals surface area contributed by atoms with E-state index in [0.717, 1.165) is 12.8 Å². The molecule has 0 saturated heterocycles. The van der Waals surface area contributed by atoms with Crippen molar-refractivity contribution in [2.75, 3.05) is 5.32 Å². The summed E-state index contributed by atoms with van der Waals surface area (Å²) in [6.45, 7) is 1.40. The van der Waals surface area contributed by atoms with Gasteiger partial charge in [0.05, 0.1) is 27.2 Å². The molecule has 7 nitrogen and oxygen atoms in total. The second kappa shape index (κ2) is 11.0. The molecule has 1 aliphatic rings. The van der Waals surface area contributed by atoms with Crippen LogP contribution in [0.15, 0.2) is 59.1 Å². The molecule has 40 heavy (non-hydrogen) atoms. The maximum absolute atomic E-state index is 14.1. The van der Waals surface area contributed by atoms with E-state index in [1.165, 1.54) is 36.4 Å². The van der Waals surface area contributed by atoms with Crippen molar-refractivity contribution in [3.05, 3.63) is 92.8 Å². The molecule has 2 heterocycles. The fourth-order valence-electron chi connectivity index (χ4n) is 4.34. The van der Waals surface area contributed by atoms with Gasteiger partial charge >= 0.3 is 12.1 Å². The topological polar surface area (TPSA) is 97.5 Å². The van der Waals surface area contributed by atoms with E-state index in [4.69, 9.17) is 37.6 Å². The lowest BCUT2D eigenvalue weighted by molar-refractivity contribution is -0.142. The third kappa shape index (κ3) is 5.88. The van der Waals surface area contributed by atoms with Crippen LogP contribution in [0.2, 0.25) is 10.0 Å². The Balaban J connectivity index is 1.41. The van der Waals surface area contributed by atoms with Crippen molar-refractivity contribution in [2.24, 2.45) is 0 Å². The van der Waals surface area contributed by atoms with Crippen molar-refractivity contribution in [2.45, 2.75) is 44.5 Å². The Morgan fingerprint density at radius 1 is 1.12 bits per heavy atom. The van der Waals surface area contributed by atoms with Gasteiger partial charge in [-0.25, -0.2) is 9.78 Å². The van der Waals surface area contributed by atoms with E-state index in [-0.39, 0.29) is 29.5 Å². The Labute approximate surface area is 236 Å². The number of rotatable bonds is 9. The zero-order valence-electron chi connectivity index (χ0n) is 20.9. The number of anilines is 1. The third-order valence-corrected chi connectivity index (χ3v) is 7.11. The van der Waals surface area contributed by atoms with Crippen LogP contribution in [0.1, 0.15) is 64.7 Å². The van der Waals surface area contributed by atoms with E-state index in [2.05, 4.69) is 15.5 Å². The van der Waals surface area contributed by atoms with Crippen molar-refractivity contribution in [1.82, 2.24) is 10.1 Å². The van der Waals surface area contributed by atoms with Gasteiger partial charge in [-0.1, -0.05) is 34.4 Å². The van der Waals surface area contributed by atoms with Gasteiger partial charge in [-0.05, 0) is 62.2 Å². The molecule has 208 valence electrons. The molecule has 0 aliphatic heterocycles. The van der Waals surface area contributed by atoms with Crippen molar-refractivity contribution in [1.29, 1.82) is 0 Å². The molecule has 0 spiro atoms. The molecule has 0 bridgehead atoms. The van der Waals surface area contributed by atoms with Gasteiger partial charge in [0.2, 0.25) is 5.88 Å². The molecule has 1 fully saturated rings. The predicted molar refractivity (Wildman–Crippen MR) is 143 cm³/mol. The Morgan fingerprint density at radius 2 is 1.80 bits per heavy atom. The number of hydrogen-bond acceptors (Lipinski definition) is 6. The minimum Gasteiger partial charge on any atom is -0.478 e. The highest BCUT2D eigenvalue weighted by atomic mass is 35.5. The van der Waals surface area contributed by atoms with Gasteiger partial charge < -0.3 is 19.7 Å². The molecule has 1 aliphatic carbocycles. The minimum absolute atomic E-state index is 0.0648. The van der Waals surface area contributed by atoms with E-state index in [9.17, 15) is 18.0 Å². The molecule has 0 amide bonds. The highest BCUT2D eigenvalue weighted by Gasteiger charge is 2.38. The Morgan fingerprint density at radius 3 is 2.40 bits per heavy atom. The molecular weight excluding hydrogens is 570 g/mol. The molecule has 1 atom stereocenters. The fraction of sp³-hybridized carbons (Fsp3) is 0.250. The number of aromatic carboxylic acids is 1. The molecule has 1 saturated carbocycles. The van der Waals surface area contributed by atoms with Gasteiger partial charge in [-0.3, -0.25) is 0 Å². The molecule has 0 radical (unpaired) electrons. The number of nitrogens with zero attached hydrogens (tertiary/aromatic N) is 2. The third-order valence-electron chi connectivity index (χ3n) is 6.48. The first kappa shape index (κ1) is 27.8. The maximum atomic E-state index is 14.1. The fourth-order valence-corrected chi connectivity index (χ4v) is 4.92. The van der Waals surface area contributed by atoms with Crippen LogP contribution in [0.5, 0.6) is 5.88 Å². The highest BCUT2D eigenvalue weighted by Crippen LogP contribution is 2.46. The summed E-state index contributed by atoms with van der Waals surface area (Å²) < 4.78 is 53.6. The Kier molecular flexibility index (Phi) is 7.65. The molecule has 1 unspecified atom stereocenters. The van der Waals surface area contributed by atoms with Crippen LogP contribution >= 0.6 is 23.2 Å². The van der Waals surface area contributed by atoms with Gasteiger partial charge in [0.25, 0.3) is 0 Å². The first-order valence-electron chi connectivity index (χ1n) is 12.3. The minimum atomic E-state index is -4.76. The molecule has 2 N–H and O–H groups in total. The van der Waals surface area contributed by atoms with Crippen molar-refractivity contribution < 1.29 is 32.3 Å². The van der Waals surface area contributed by atoms with Gasteiger partial charge in [0, 0.05) is 28.8 Å². The first-order chi connectivity index (χ1) is 19.0. The molecule has 2 aromatic carbocycles. The summed E-state index contributed by atoms with van der Waals surface area (Å²) in [6.07, 6.45) is -2.97. The van der Waals surface area contributed by atoms with Crippen molar-refractivity contribution in [3.8, 4) is 17.1 Å². The summed E-state index contributed by atoms with van der Waals surface area (Å²) >= 11 is 12.8. The smallest absolute Gasteiger partial charge is 0.433 e. The molecular formula is C28H22Cl2F3N3O4. The van der Waals surface area contributed by atoms with Crippen molar-refractivity contribution >= 4 is 34.9 Å². The number of carboxylic acids is 1. The van der Waals surface area contributed by atoms with E-state index in [1.54, 1.807) is 25.1 Å². The lowest BCUT2D eigenvalue weighted by atomic mass is 10.0. The summed E-state index contributed by atoms with van der Waals surface area (Å²) in [4.78, 5) is 14.9. The zero-order chi connectivity index (χ0) is 28.6. The summed E-state index contributed by atoms with van der Waals surface area (Å²) in [5, 5.41) is 16.9. The van der Waals surface area contributed by atoms with Crippen LogP contribution in [-0.2, 0) is 12.8 Å². The number of pyridine rings is 1. The number of benzene rings is 2. The summed E-state index contributed by atoms with van der Waals surface area (Å²) in [5.41, 5.74) is 0.694. The Hall–Kier alpha value is -3.76. The van der Waals surface area contributed by atoms with Crippen LogP contribution in [0.4, 0.5) is 18.9 Å². The number of nitrogens with one attached hydrogen (secondary N) is 1. The van der Waals surface area contributed by atoms with Gasteiger partial charge in [0.1, 0.15) is 18.1 Å². The van der Waals surface area contributed by atoms with Gasteiger partial charge in [-0.2, -0.15) is 13.2 Å². The van der Waals surface area contributed by atoms with Crippen LogP contribution in [0.25, 0.3) is 11.3 Å². The number of hydrogen-bond donors (Lipinski definition) is 2. The molecule has 5 rings (SSSR count). The van der Waals surface area contributed by atoms with Crippen LogP contribution in [0.3, 0.4) is 0 Å². The standard InChI is InChI=1S/C28H22Cl2F3N3O4/c1-14(34-17-9-7-16(8-10-17)27(37)38)18-11-12-22(35-26(18)28(31,32)33)39-13-19-24(36-40-25(19)15-5-6-15)23-20(29)3-2-4-21(23)30/h2-4,7-12,14-15,34H,5-6,13H2,1H3,(H,37,38). The molecule has 2 aromatic heterocycles. The maximum Gasteiger partial charge on any atom is 0.433 e. The quantitative estimate of drug-likeness (QED) is 0.202. The predicted octanol–water partition coefficient (Wildman–Crippen LogP) is 8.39. The average Bonchev–Trinajstić information content (AvgIpc) is 3.67. The van der Waals surface area contributed by atoms with Gasteiger partial charge in [-0.15, -0.1) is 0 Å². The van der Waals surface area contributed by atoms with E-state index in [1.807, 2.05) is 0 Å². The zero-order valence-corrected chi connectivity index (χ0v) is 22.4. The lowest BCUT2D eigenvalue weighted by Gasteiger charge is -2.20. The van der Waals surface area contributed by atoms with Crippen molar-refractivity contribution in [3.63, 3.8) is 0 Å². The second-order valence-corrected chi connectivity index (χ2v) is 10.2. The number of alkyl halides is 3. The molecule has 12 heteroatoms. The summed E-state index contributed by atoms with van der Waals surface area (Å²) in [5.74, 6) is -0.603. The molecule has 4 aromatic rings. The number of aromatic nitrogens is 2. The normalized spacial score (nSPS) is 14.2. The summed E-state index contributed by atoms with van der Waals surface area (Å²) in [7, 11) is 0. The largest absolute Gasteiger partial charge is 0.478 e. The first-order valence-corrected chi connectivity index (χ1v) is 13.0. The highest BCUT2D eigenvalue weighted by molar-refractivity contribution is 6.39. The number of carbonyl (C=O) groups is 1. The average molecular weight is 592 g/mol. The van der Waals surface area contributed by atoms with E-state index in [0.29, 0.717) is 38.3 Å². The van der Waals surface area contributed by atoms with Gasteiger partial charge in [0.15, 0.2) is 5.69 Å². The number of carboxylic acid groups (broad SMARTS) is 1. The van der Waals surface area contributed by atoms with E-state index >= 15 is 0 Å². The number of ether oxygens (including phenoxy) is 1. The Bertz CT molecular complexity index is 1530. The monoisotopic (exact) mass is 591 g/mol. The lowest BCUT2D eigenvalue weighted by Crippen LogP contribution is -2.18. The SMILES string of the molecule is CC(Nc1ccc(C(=O)O)cc1)c1ccc(OCc2c(-c3c(Cl)cccc3Cl)noc2C2CC2)nc1C(F)(F)F. The van der Waals surface area contributed by atoms with Crippen LogP contribution in [0, 0.1) is 0 Å². The number of halogens is 5. The van der Waals surface area contributed by atoms with Crippen LogP contribution in [-0.4, -0.2) is 21.2 Å².